The molecule has 6 nitrogen and oxygen atoms in total. The third kappa shape index (κ3) is 3.20. The molecule has 2 aromatic heterocycles. The first kappa shape index (κ1) is 17.7. The van der Waals surface area contributed by atoms with E-state index in [0.717, 1.165) is 40.2 Å². The van der Waals surface area contributed by atoms with Crippen molar-refractivity contribution in [1.82, 2.24) is 15.0 Å². The number of carbonyl (C=O) groups is 2. The molecule has 0 radical (unpaired) electrons. The van der Waals surface area contributed by atoms with E-state index in [-0.39, 0.29) is 24.7 Å². The molecule has 1 aliphatic heterocycles. The van der Waals surface area contributed by atoms with Gasteiger partial charge in [0.25, 0.3) is 0 Å². The minimum Gasteiger partial charge on any atom is -0.273 e. The fraction of sp³-hybridized carbons (Fsp3) is 0.556. The number of anilines is 1. The summed E-state index contributed by atoms with van der Waals surface area (Å²) in [6.07, 6.45) is 4.81. The molecule has 0 spiro atoms. The predicted octanol–water partition coefficient (Wildman–Crippen LogP) is 3.79. The molecule has 8 heteroatoms. The summed E-state index contributed by atoms with van der Waals surface area (Å²) < 4.78 is 0. The molecule has 0 bridgehead atoms. The van der Waals surface area contributed by atoms with Crippen LogP contribution in [0.3, 0.4) is 0 Å². The van der Waals surface area contributed by atoms with Crippen molar-refractivity contribution in [3.8, 4) is 0 Å². The Bertz CT molecular complexity index is 864. The molecule has 3 heterocycles. The number of hydrogen-bond acceptors (Lipinski definition) is 7. The van der Waals surface area contributed by atoms with E-state index in [1.165, 1.54) is 16.9 Å². The van der Waals surface area contributed by atoms with Crippen molar-refractivity contribution in [1.29, 1.82) is 0 Å². The second-order valence-corrected chi connectivity index (χ2v) is 9.12. The largest absolute Gasteiger partial charge is 0.273 e. The summed E-state index contributed by atoms with van der Waals surface area (Å²) >= 11 is 3.34. The molecule has 1 aliphatic carbocycles. The highest BCUT2D eigenvalue weighted by molar-refractivity contribution is 7.99. The van der Waals surface area contributed by atoms with E-state index in [1.54, 1.807) is 23.1 Å². The lowest BCUT2D eigenvalue weighted by molar-refractivity contribution is -0.136. The molecule has 2 amide bonds. The van der Waals surface area contributed by atoms with Crippen LogP contribution < -0.4 is 5.43 Å². The Balaban J connectivity index is 1.80. The van der Waals surface area contributed by atoms with E-state index in [0.29, 0.717) is 16.9 Å². The molecule has 1 fully saturated rings. The molecule has 4 rings (SSSR count). The fourth-order valence-electron chi connectivity index (χ4n) is 3.48. The number of aromatic nitrogens is 2. The number of carbonyl (C=O) groups excluding carboxylic acids is 2. The van der Waals surface area contributed by atoms with E-state index >= 15 is 0 Å². The van der Waals surface area contributed by atoms with Gasteiger partial charge in [0.2, 0.25) is 11.8 Å². The van der Waals surface area contributed by atoms with Gasteiger partial charge in [0.05, 0.1) is 5.39 Å². The highest BCUT2D eigenvalue weighted by Crippen LogP contribution is 2.41. The van der Waals surface area contributed by atoms with E-state index in [9.17, 15) is 9.59 Å². The maximum absolute atomic E-state index is 12.1. The van der Waals surface area contributed by atoms with Gasteiger partial charge < -0.3 is 0 Å². The molecular weight excluding hydrogens is 368 g/mol. The van der Waals surface area contributed by atoms with Gasteiger partial charge in [-0.2, -0.15) is 5.01 Å². The number of nitrogens with one attached hydrogen (secondary N) is 1. The van der Waals surface area contributed by atoms with Gasteiger partial charge in [-0.25, -0.2) is 9.97 Å². The van der Waals surface area contributed by atoms with Gasteiger partial charge in [-0.3, -0.25) is 15.0 Å². The molecule has 2 aliphatic rings. The number of thioether (sulfide) groups is 1. The zero-order valence-electron chi connectivity index (χ0n) is 15.0. The Hall–Kier alpha value is -1.67. The number of thiophene rings is 1. The second kappa shape index (κ2) is 7.15. The number of hydrogen-bond donors (Lipinski definition) is 1. The Labute approximate surface area is 160 Å². The Morgan fingerprint density at radius 2 is 2.00 bits per heavy atom. The first-order valence-electron chi connectivity index (χ1n) is 9.14. The maximum Gasteiger partial charge on any atom is 0.248 e. The quantitative estimate of drug-likeness (QED) is 0.476. The van der Waals surface area contributed by atoms with Gasteiger partial charge in [-0.15, -0.1) is 11.3 Å². The van der Waals surface area contributed by atoms with Crippen LogP contribution in [0.1, 0.15) is 50.0 Å². The van der Waals surface area contributed by atoms with Gasteiger partial charge in [0.15, 0.2) is 11.0 Å². The summed E-state index contributed by atoms with van der Waals surface area (Å²) in [7, 11) is 0. The van der Waals surface area contributed by atoms with Crippen LogP contribution in [0.2, 0.25) is 0 Å². The summed E-state index contributed by atoms with van der Waals surface area (Å²) in [6, 6.07) is 0. The van der Waals surface area contributed by atoms with Crippen molar-refractivity contribution in [3.05, 3.63) is 10.4 Å². The van der Waals surface area contributed by atoms with Crippen LogP contribution in [0.4, 0.5) is 5.82 Å². The Morgan fingerprint density at radius 3 is 2.73 bits per heavy atom. The third-order valence-electron chi connectivity index (χ3n) is 4.83. The van der Waals surface area contributed by atoms with Crippen LogP contribution in [-0.4, -0.2) is 32.5 Å². The minimum absolute atomic E-state index is 0.193. The zero-order valence-corrected chi connectivity index (χ0v) is 16.6. The van der Waals surface area contributed by atoms with Crippen LogP contribution in [0.25, 0.3) is 10.2 Å². The number of amides is 2. The van der Waals surface area contributed by atoms with Crippen molar-refractivity contribution in [2.24, 2.45) is 5.92 Å². The summed E-state index contributed by atoms with van der Waals surface area (Å²) in [6.45, 7) is 4.39. The van der Waals surface area contributed by atoms with Crippen LogP contribution >= 0.6 is 23.1 Å². The van der Waals surface area contributed by atoms with Crippen LogP contribution in [0, 0.1) is 5.92 Å². The number of imide groups is 1. The molecule has 26 heavy (non-hydrogen) atoms. The van der Waals surface area contributed by atoms with E-state index < -0.39 is 0 Å². The molecule has 1 saturated heterocycles. The Kier molecular flexibility index (Phi) is 4.88. The SMILES string of the molecule is CCCSc1nc(NN2C(=O)CCC2=O)c2c3c(sc2n1)CC[C@H](C)C3. The lowest BCUT2D eigenvalue weighted by atomic mass is 9.89. The normalized spacial score (nSPS) is 20.1. The third-order valence-corrected chi connectivity index (χ3v) is 7.07. The van der Waals surface area contributed by atoms with E-state index in [4.69, 9.17) is 4.98 Å². The topological polar surface area (TPSA) is 75.2 Å². The summed E-state index contributed by atoms with van der Waals surface area (Å²) in [4.78, 5) is 35.9. The lowest BCUT2D eigenvalue weighted by Gasteiger charge is -2.20. The van der Waals surface area contributed by atoms with Gasteiger partial charge in [-0.05, 0) is 37.2 Å². The number of nitrogens with zero attached hydrogens (tertiary/aromatic N) is 3. The van der Waals surface area contributed by atoms with Crippen molar-refractivity contribution in [2.45, 2.75) is 57.5 Å². The average molecular weight is 391 g/mol. The molecule has 0 aromatic carbocycles. The minimum atomic E-state index is -0.193. The van der Waals surface area contributed by atoms with Crippen molar-refractivity contribution in [3.63, 3.8) is 0 Å². The number of rotatable bonds is 5. The molecule has 1 atom stereocenters. The number of aryl methyl sites for hydroxylation is 1. The second-order valence-electron chi connectivity index (χ2n) is 6.97. The van der Waals surface area contributed by atoms with Crippen molar-refractivity contribution >= 4 is 50.9 Å². The number of fused-ring (bicyclic) bond motifs is 3. The van der Waals surface area contributed by atoms with Gasteiger partial charge in [0.1, 0.15) is 4.83 Å². The predicted molar refractivity (Wildman–Crippen MR) is 104 cm³/mol. The lowest BCUT2D eigenvalue weighted by Crippen LogP contribution is -2.35. The summed E-state index contributed by atoms with van der Waals surface area (Å²) in [5.41, 5.74) is 4.32. The van der Waals surface area contributed by atoms with Crippen LogP contribution in [-0.2, 0) is 22.4 Å². The highest BCUT2D eigenvalue weighted by Gasteiger charge is 2.31. The smallest absolute Gasteiger partial charge is 0.248 e. The van der Waals surface area contributed by atoms with Crippen LogP contribution in [0.15, 0.2) is 5.16 Å². The fourth-order valence-corrected chi connectivity index (χ4v) is 5.45. The molecule has 2 aromatic rings. The Morgan fingerprint density at radius 1 is 1.23 bits per heavy atom. The molecule has 0 unspecified atom stereocenters. The first-order valence-corrected chi connectivity index (χ1v) is 10.9. The van der Waals surface area contributed by atoms with Crippen molar-refractivity contribution in [2.75, 3.05) is 11.2 Å². The first-order chi connectivity index (χ1) is 12.6. The average Bonchev–Trinajstić information content (AvgIpc) is 3.14. The summed E-state index contributed by atoms with van der Waals surface area (Å²) in [5, 5.41) is 2.82. The maximum atomic E-state index is 12.1. The van der Waals surface area contributed by atoms with Crippen molar-refractivity contribution < 1.29 is 9.59 Å². The van der Waals surface area contributed by atoms with Gasteiger partial charge in [0, 0.05) is 23.5 Å². The standard InChI is InChI=1S/C18H22N4O2S2/c1-3-8-25-18-19-16(21-22-13(23)6-7-14(22)24)15-11-9-10(2)4-5-12(11)26-17(15)20-18/h10H,3-9H2,1-2H3,(H,19,20,21)/t10-/m0/s1. The molecular formula is C18H22N4O2S2. The monoisotopic (exact) mass is 390 g/mol. The van der Waals surface area contributed by atoms with E-state index in [1.807, 2.05) is 0 Å². The molecule has 138 valence electrons. The van der Waals surface area contributed by atoms with E-state index in [2.05, 4.69) is 24.3 Å². The molecule has 0 saturated carbocycles. The summed E-state index contributed by atoms with van der Waals surface area (Å²) in [5.74, 6) is 1.78. The van der Waals surface area contributed by atoms with Gasteiger partial charge in [-0.1, -0.05) is 25.6 Å². The number of hydrazine groups is 1. The van der Waals surface area contributed by atoms with Crippen LogP contribution in [0.5, 0.6) is 0 Å². The van der Waals surface area contributed by atoms with Gasteiger partial charge >= 0.3 is 0 Å². The highest BCUT2D eigenvalue weighted by atomic mass is 32.2. The zero-order chi connectivity index (χ0) is 18.3. The molecule has 1 N–H and O–H groups in total.